The summed E-state index contributed by atoms with van der Waals surface area (Å²) >= 11 is 5.74. The van der Waals surface area contributed by atoms with E-state index in [0.717, 1.165) is 24.5 Å². The van der Waals surface area contributed by atoms with E-state index in [-0.39, 0.29) is 0 Å². The van der Waals surface area contributed by atoms with Gasteiger partial charge in [-0.3, -0.25) is 0 Å². The molecule has 0 aliphatic carbocycles. The second-order valence-electron chi connectivity index (χ2n) is 5.01. The van der Waals surface area contributed by atoms with Gasteiger partial charge in [0, 0.05) is 27.1 Å². The number of hydrogen-bond acceptors (Lipinski definition) is 3. The number of hydrogen-bond donors (Lipinski definition) is 1. The summed E-state index contributed by atoms with van der Waals surface area (Å²) in [4.78, 5) is 0. The Bertz CT molecular complexity index is 438. The summed E-state index contributed by atoms with van der Waals surface area (Å²) in [7, 11) is 1.76. The Balaban J connectivity index is 2.42. The Hall–Kier alpha value is -0.190. The van der Waals surface area contributed by atoms with Crippen LogP contribution >= 0.6 is 27.7 Å². The molecule has 0 aromatic heterocycles. The fourth-order valence-corrected chi connectivity index (χ4v) is 4.31. The zero-order valence-electron chi connectivity index (χ0n) is 11.8. The quantitative estimate of drug-likeness (QED) is 0.867. The van der Waals surface area contributed by atoms with Crippen molar-refractivity contribution < 1.29 is 4.74 Å². The third-order valence-electron chi connectivity index (χ3n) is 3.55. The standard InChI is InChI=1S/C15H22BrNOS/c1-4-7-17-13-8-10(2)19-9-11-14(18-3)6-5-12(16)15(11)13/h5-6,10,13,17H,4,7-9H2,1-3H3. The summed E-state index contributed by atoms with van der Waals surface area (Å²) < 4.78 is 6.75. The minimum Gasteiger partial charge on any atom is -0.496 e. The van der Waals surface area contributed by atoms with Crippen LogP contribution in [0.3, 0.4) is 0 Å². The average Bonchev–Trinajstić information content (AvgIpc) is 2.57. The summed E-state index contributed by atoms with van der Waals surface area (Å²) in [6, 6.07) is 4.60. The molecule has 0 spiro atoms. The summed E-state index contributed by atoms with van der Waals surface area (Å²) in [5.41, 5.74) is 2.74. The highest BCUT2D eigenvalue weighted by Gasteiger charge is 2.26. The third-order valence-corrected chi connectivity index (χ3v) is 5.46. The van der Waals surface area contributed by atoms with Crippen molar-refractivity contribution in [3.05, 3.63) is 27.7 Å². The van der Waals surface area contributed by atoms with E-state index in [1.54, 1.807) is 7.11 Å². The van der Waals surface area contributed by atoms with E-state index in [4.69, 9.17) is 4.74 Å². The minimum atomic E-state index is 0.421. The van der Waals surface area contributed by atoms with Crippen molar-refractivity contribution in [3.8, 4) is 5.75 Å². The largest absolute Gasteiger partial charge is 0.496 e. The van der Waals surface area contributed by atoms with Crippen molar-refractivity contribution in [1.82, 2.24) is 5.32 Å². The molecule has 1 heterocycles. The van der Waals surface area contributed by atoms with Gasteiger partial charge in [-0.05, 0) is 37.1 Å². The smallest absolute Gasteiger partial charge is 0.123 e. The zero-order valence-corrected chi connectivity index (χ0v) is 14.2. The lowest BCUT2D eigenvalue weighted by atomic mass is 9.97. The van der Waals surface area contributed by atoms with Crippen LogP contribution in [0.25, 0.3) is 0 Å². The molecule has 2 unspecified atom stereocenters. The number of fused-ring (bicyclic) bond motifs is 1. The van der Waals surface area contributed by atoms with Crippen LogP contribution < -0.4 is 10.1 Å². The van der Waals surface area contributed by atoms with Crippen LogP contribution in [0.5, 0.6) is 5.75 Å². The van der Waals surface area contributed by atoms with E-state index >= 15 is 0 Å². The predicted octanol–water partition coefficient (Wildman–Crippen LogP) is 4.52. The Morgan fingerprint density at radius 1 is 1.47 bits per heavy atom. The van der Waals surface area contributed by atoms with Crippen LogP contribution in [0, 0.1) is 0 Å². The van der Waals surface area contributed by atoms with Crippen molar-refractivity contribution in [2.24, 2.45) is 0 Å². The molecule has 1 aliphatic heterocycles. The first kappa shape index (κ1) is 15.2. The maximum absolute atomic E-state index is 5.55. The Morgan fingerprint density at radius 2 is 2.26 bits per heavy atom. The van der Waals surface area contributed by atoms with E-state index in [9.17, 15) is 0 Å². The van der Waals surface area contributed by atoms with E-state index < -0.39 is 0 Å². The van der Waals surface area contributed by atoms with E-state index in [1.807, 2.05) is 11.8 Å². The predicted molar refractivity (Wildman–Crippen MR) is 87.1 cm³/mol. The highest BCUT2D eigenvalue weighted by Crippen LogP contribution is 2.42. The summed E-state index contributed by atoms with van der Waals surface area (Å²) in [5.74, 6) is 2.05. The van der Waals surface area contributed by atoms with Crippen molar-refractivity contribution >= 4 is 27.7 Å². The Kier molecular flexibility index (Phi) is 5.60. The number of nitrogens with one attached hydrogen (secondary N) is 1. The molecule has 0 saturated heterocycles. The lowest BCUT2D eigenvalue weighted by Crippen LogP contribution is -2.24. The van der Waals surface area contributed by atoms with Crippen molar-refractivity contribution in [1.29, 1.82) is 0 Å². The fraction of sp³-hybridized carbons (Fsp3) is 0.600. The lowest BCUT2D eigenvalue weighted by molar-refractivity contribution is 0.408. The first-order valence-corrected chi connectivity index (χ1v) is 8.71. The molecule has 0 saturated carbocycles. The molecule has 1 aliphatic rings. The number of rotatable bonds is 4. The topological polar surface area (TPSA) is 21.3 Å². The fourth-order valence-electron chi connectivity index (χ4n) is 2.58. The molecule has 0 bridgehead atoms. The van der Waals surface area contributed by atoms with Crippen molar-refractivity contribution in [2.75, 3.05) is 13.7 Å². The number of ether oxygens (including phenoxy) is 1. The molecule has 19 heavy (non-hydrogen) atoms. The van der Waals surface area contributed by atoms with Crippen LogP contribution in [0.4, 0.5) is 0 Å². The molecular formula is C15H22BrNOS. The van der Waals surface area contributed by atoms with Gasteiger partial charge in [-0.25, -0.2) is 0 Å². The number of benzene rings is 1. The van der Waals surface area contributed by atoms with Gasteiger partial charge < -0.3 is 10.1 Å². The lowest BCUT2D eigenvalue weighted by Gasteiger charge is -2.22. The van der Waals surface area contributed by atoms with Gasteiger partial charge in [-0.15, -0.1) is 0 Å². The van der Waals surface area contributed by atoms with Gasteiger partial charge in [-0.1, -0.05) is 29.8 Å². The van der Waals surface area contributed by atoms with Crippen LogP contribution in [-0.2, 0) is 5.75 Å². The van der Waals surface area contributed by atoms with Crippen LogP contribution in [0.2, 0.25) is 0 Å². The van der Waals surface area contributed by atoms with Crippen molar-refractivity contribution in [2.45, 2.75) is 43.7 Å². The summed E-state index contributed by atoms with van der Waals surface area (Å²) in [6.07, 6.45) is 2.33. The number of thioether (sulfide) groups is 1. The second-order valence-corrected chi connectivity index (χ2v) is 7.29. The highest BCUT2D eigenvalue weighted by atomic mass is 79.9. The molecule has 1 aromatic rings. The first-order valence-electron chi connectivity index (χ1n) is 6.87. The van der Waals surface area contributed by atoms with Crippen molar-refractivity contribution in [3.63, 3.8) is 0 Å². The molecule has 106 valence electrons. The first-order chi connectivity index (χ1) is 9.17. The minimum absolute atomic E-state index is 0.421. The molecule has 2 rings (SSSR count). The monoisotopic (exact) mass is 343 g/mol. The molecular weight excluding hydrogens is 322 g/mol. The maximum atomic E-state index is 5.55. The van der Waals surface area contributed by atoms with Gasteiger partial charge in [0.05, 0.1) is 7.11 Å². The van der Waals surface area contributed by atoms with Gasteiger partial charge in [0.2, 0.25) is 0 Å². The second kappa shape index (κ2) is 7.00. The molecule has 0 fully saturated rings. The summed E-state index contributed by atoms with van der Waals surface area (Å²) in [5, 5.41) is 4.36. The van der Waals surface area contributed by atoms with Gasteiger partial charge >= 0.3 is 0 Å². The zero-order chi connectivity index (χ0) is 13.8. The molecule has 2 nitrogen and oxygen atoms in total. The van der Waals surface area contributed by atoms with Gasteiger partial charge in [0.25, 0.3) is 0 Å². The number of halogens is 1. The van der Waals surface area contributed by atoms with Gasteiger partial charge in [0.15, 0.2) is 0 Å². The van der Waals surface area contributed by atoms with E-state index in [2.05, 4.69) is 47.2 Å². The molecule has 0 radical (unpaired) electrons. The van der Waals surface area contributed by atoms with E-state index in [0.29, 0.717) is 11.3 Å². The molecule has 1 N–H and O–H groups in total. The van der Waals surface area contributed by atoms with Crippen LogP contribution in [0.1, 0.15) is 43.9 Å². The highest BCUT2D eigenvalue weighted by molar-refractivity contribution is 9.10. The average molecular weight is 344 g/mol. The Morgan fingerprint density at radius 3 is 2.95 bits per heavy atom. The Labute approximate surface area is 128 Å². The molecule has 2 atom stereocenters. The van der Waals surface area contributed by atoms with E-state index in [1.165, 1.54) is 22.0 Å². The molecule has 0 amide bonds. The normalized spacial score (nSPS) is 22.7. The molecule has 1 aromatic carbocycles. The SMILES string of the molecule is CCCNC1CC(C)SCc2c(OC)ccc(Br)c21. The maximum Gasteiger partial charge on any atom is 0.123 e. The summed E-state index contributed by atoms with van der Waals surface area (Å²) in [6.45, 7) is 5.59. The van der Waals surface area contributed by atoms with Crippen LogP contribution in [-0.4, -0.2) is 18.9 Å². The van der Waals surface area contributed by atoms with Crippen LogP contribution in [0.15, 0.2) is 16.6 Å². The third kappa shape index (κ3) is 3.47. The number of methoxy groups -OCH3 is 1. The van der Waals surface area contributed by atoms with Gasteiger partial charge in [-0.2, -0.15) is 11.8 Å². The molecule has 4 heteroatoms. The van der Waals surface area contributed by atoms with Gasteiger partial charge in [0.1, 0.15) is 5.75 Å².